The van der Waals surface area contributed by atoms with Gasteiger partial charge in [-0.3, -0.25) is 4.79 Å². The number of carbonyl (C=O) groups is 1. The van der Waals surface area contributed by atoms with Gasteiger partial charge in [-0.25, -0.2) is 0 Å². The zero-order valence-electron chi connectivity index (χ0n) is 24.8. The first-order valence-corrected chi connectivity index (χ1v) is 15.3. The van der Waals surface area contributed by atoms with Gasteiger partial charge in [0.15, 0.2) is 6.29 Å². The summed E-state index contributed by atoms with van der Waals surface area (Å²) in [7, 11) is 0. The van der Waals surface area contributed by atoms with Crippen molar-refractivity contribution in [1.29, 1.82) is 0 Å². The smallest absolute Gasteiger partial charge is 0.229 e. The summed E-state index contributed by atoms with van der Waals surface area (Å²) < 4.78 is 28.9. The Morgan fingerprint density at radius 2 is 1.52 bits per heavy atom. The number of aliphatic hydroxyl groups is 7. The fourth-order valence-electron chi connectivity index (χ4n) is 6.53. The molecule has 1 saturated carbocycles. The number of hydrogen-bond donors (Lipinski definition) is 8. The topological polar surface area (TPSA) is 217 Å². The second-order valence-electron chi connectivity index (χ2n) is 12.5. The average molecular weight is 628 g/mol. The van der Waals surface area contributed by atoms with E-state index in [2.05, 4.69) is 5.32 Å². The minimum absolute atomic E-state index is 0.0212. The van der Waals surface area contributed by atoms with Gasteiger partial charge >= 0.3 is 0 Å². The van der Waals surface area contributed by atoms with E-state index in [1.165, 1.54) is 0 Å². The molecular weight excluding hydrogens is 582 g/mol. The Hall–Kier alpha value is -1.95. The van der Waals surface area contributed by atoms with Crippen LogP contribution < -0.4 is 10.1 Å². The maximum absolute atomic E-state index is 12.5. The number of nitrogens with one attached hydrogen (secondary N) is 1. The molecule has 248 valence electrons. The van der Waals surface area contributed by atoms with Crippen LogP contribution in [-0.2, 0) is 23.7 Å². The van der Waals surface area contributed by atoms with Gasteiger partial charge in [-0.05, 0) is 37.0 Å². The molecule has 1 aromatic carbocycles. The Morgan fingerprint density at radius 1 is 0.864 bits per heavy atom. The average Bonchev–Trinajstić information content (AvgIpc) is 3.50. The highest BCUT2D eigenvalue weighted by Crippen LogP contribution is 2.43. The maximum Gasteiger partial charge on any atom is 0.229 e. The molecule has 1 aliphatic carbocycles. The number of ether oxygens (including phenoxy) is 5. The number of carbonyl (C=O) groups excluding carboxylic acids is 1. The first-order chi connectivity index (χ1) is 21.0. The third-order valence-corrected chi connectivity index (χ3v) is 9.14. The molecule has 3 aliphatic heterocycles. The molecule has 8 N–H and O–H groups in total. The van der Waals surface area contributed by atoms with Gasteiger partial charge in [0.05, 0.1) is 25.4 Å². The van der Waals surface area contributed by atoms with E-state index in [-0.39, 0.29) is 30.1 Å². The van der Waals surface area contributed by atoms with Crippen LogP contribution in [0.2, 0.25) is 0 Å². The standard InChI is InChI=1S/C30H45NO13/c1-13(2)28(39)31-17-10-19(41-18-5-3-4-16(17)18)14-6-8-15(9-7-14)40-29-26(38)24(36)27(21(12-33)43-29)44-30-25(37)23(35)22(34)20(11-32)42-30/h6-9,13,16-27,29-30,32-38H,3-5,10-12H2,1-2H3,(H,31,39)/t16-,17+,18+,19+,20+,21+,22+,23-,24+,25+,26+,27+,29+,30+/m0/s1. The van der Waals surface area contributed by atoms with Crippen LogP contribution in [0.5, 0.6) is 5.75 Å². The van der Waals surface area contributed by atoms with Crippen molar-refractivity contribution in [2.45, 2.75) is 119 Å². The SMILES string of the molecule is CC(C)C(=O)N[C@@H]1C[C@H](c2ccc(O[C@@H]3O[C@H](CO)[C@@H](O[C@H]4O[C@H](CO)[C@@H](O)[C@H](O)[C@H]4O)[C@H](O)[C@H]3O)cc2)O[C@@H]2CCC[C@@H]12. The van der Waals surface area contributed by atoms with Gasteiger partial charge in [-0.15, -0.1) is 0 Å². The van der Waals surface area contributed by atoms with E-state index in [4.69, 9.17) is 23.7 Å². The molecule has 1 amide bonds. The van der Waals surface area contributed by atoms with Crippen LogP contribution in [0.25, 0.3) is 0 Å². The molecule has 3 heterocycles. The number of rotatable bonds is 9. The van der Waals surface area contributed by atoms with Gasteiger partial charge in [0.25, 0.3) is 0 Å². The second-order valence-corrected chi connectivity index (χ2v) is 12.5. The lowest BCUT2D eigenvalue weighted by Gasteiger charge is -2.45. The Balaban J connectivity index is 1.22. The highest BCUT2D eigenvalue weighted by molar-refractivity contribution is 5.78. The van der Waals surface area contributed by atoms with E-state index in [0.717, 1.165) is 24.8 Å². The van der Waals surface area contributed by atoms with Crippen molar-refractivity contribution in [2.75, 3.05) is 13.2 Å². The highest BCUT2D eigenvalue weighted by Gasteiger charge is 2.51. The Morgan fingerprint density at radius 3 is 2.18 bits per heavy atom. The fourth-order valence-corrected chi connectivity index (χ4v) is 6.53. The fraction of sp³-hybridized carbons (Fsp3) is 0.767. The minimum Gasteiger partial charge on any atom is -0.462 e. The van der Waals surface area contributed by atoms with Crippen LogP contribution >= 0.6 is 0 Å². The zero-order valence-corrected chi connectivity index (χ0v) is 24.8. The first-order valence-electron chi connectivity index (χ1n) is 15.3. The molecule has 3 saturated heterocycles. The molecule has 1 aromatic rings. The van der Waals surface area contributed by atoms with E-state index in [1.807, 2.05) is 26.0 Å². The Labute approximate surface area is 255 Å². The molecule has 0 aromatic heterocycles. The van der Waals surface area contributed by atoms with Crippen LogP contribution in [0.15, 0.2) is 24.3 Å². The van der Waals surface area contributed by atoms with E-state index >= 15 is 0 Å². The second kappa shape index (κ2) is 14.2. The molecule has 0 radical (unpaired) electrons. The van der Waals surface area contributed by atoms with Gasteiger partial charge < -0.3 is 64.7 Å². The number of amides is 1. The van der Waals surface area contributed by atoms with Crippen LogP contribution in [0.4, 0.5) is 0 Å². The lowest BCUT2D eigenvalue weighted by Crippen LogP contribution is -2.65. The maximum atomic E-state index is 12.5. The van der Waals surface area contributed by atoms with Crippen LogP contribution in [0.3, 0.4) is 0 Å². The normalized spacial score (nSPS) is 42.6. The quantitative estimate of drug-likeness (QED) is 0.156. The van der Waals surface area contributed by atoms with Gasteiger partial charge in [0.1, 0.15) is 54.6 Å². The molecular formula is C30H45NO13. The van der Waals surface area contributed by atoms with Gasteiger partial charge in [-0.2, -0.15) is 0 Å². The minimum atomic E-state index is -1.75. The van der Waals surface area contributed by atoms with Gasteiger partial charge in [-0.1, -0.05) is 32.4 Å². The lowest BCUT2D eigenvalue weighted by atomic mass is 9.86. The molecule has 5 rings (SSSR count). The molecule has 14 atom stereocenters. The summed E-state index contributed by atoms with van der Waals surface area (Å²) in [5, 5.41) is 74.6. The predicted octanol–water partition coefficient (Wildman–Crippen LogP) is -1.54. The first kappa shape index (κ1) is 33.4. The van der Waals surface area contributed by atoms with E-state index in [0.29, 0.717) is 18.1 Å². The molecule has 14 heteroatoms. The van der Waals surface area contributed by atoms with Crippen molar-refractivity contribution >= 4 is 5.91 Å². The van der Waals surface area contributed by atoms with E-state index in [1.54, 1.807) is 12.1 Å². The predicted molar refractivity (Wildman–Crippen MR) is 150 cm³/mol. The third kappa shape index (κ3) is 6.90. The zero-order chi connectivity index (χ0) is 31.7. The largest absolute Gasteiger partial charge is 0.462 e. The highest BCUT2D eigenvalue weighted by atomic mass is 16.7. The lowest BCUT2D eigenvalue weighted by molar-refractivity contribution is -0.352. The summed E-state index contributed by atoms with van der Waals surface area (Å²) in [4.78, 5) is 12.5. The number of hydrogen-bond acceptors (Lipinski definition) is 13. The van der Waals surface area contributed by atoms with Crippen molar-refractivity contribution in [2.24, 2.45) is 11.8 Å². The van der Waals surface area contributed by atoms with E-state index in [9.17, 15) is 40.5 Å². The number of fused-ring (bicyclic) bond motifs is 1. The van der Waals surface area contributed by atoms with Gasteiger partial charge in [0, 0.05) is 17.9 Å². The van der Waals surface area contributed by atoms with Crippen molar-refractivity contribution in [1.82, 2.24) is 5.32 Å². The summed E-state index contributed by atoms with van der Waals surface area (Å²) in [6, 6.07) is 7.03. The molecule has 0 spiro atoms. The summed E-state index contributed by atoms with van der Waals surface area (Å²) in [6.45, 7) is 2.40. The summed E-state index contributed by atoms with van der Waals surface area (Å²) in [5.41, 5.74) is 0.901. The van der Waals surface area contributed by atoms with Crippen LogP contribution in [0, 0.1) is 11.8 Å². The number of benzene rings is 1. The van der Waals surface area contributed by atoms with Crippen molar-refractivity contribution in [3.8, 4) is 5.75 Å². The molecule has 4 fully saturated rings. The summed E-state index contributed by atoms with van der Waals surface area (Å²) in [6.07, 6.45) is -11.8. The summed E-state index contributed by atoms with van der Waals surface area (Å²) in [5.74, 6) is 0.527. The third-order valence-electron chi connectivity index (χ3n) is 9.14. The summed E-state index contributed by atoms with van der Waals surface area (Å²) >= 11 is 0. The monoisotopic (exact) mass is 627 g/mol. The molecule has 0 unspecified atom stereocenters. The molecule has 0 bridgehead atoms. The molecule has 4 aliphatic rings. The van der Waals surface area contributed by atoms with E-state index < -0.39 is 74.6 Å². The molecule has 44 heavy (non-hydrogen) atoms. The Kier molecular flexibility index (Phi) is 10.8. The van der Waals surface area contributed by atoms with Crippen molar-refractivity contribution in [3.63, 3.8) is 0 Å². The van der Waals surface area contributed by atoms with Crippen molar-refractivity contribution in [3.05, 3.63) is 29.8 Å². The van der Waals surface area contributed by atoms with Gasteiger partial charge in [0.2, 0.25) is 12.2 Å². The molecule has 14 nitrogen and oxygen atoms in total. The number of aliphatic hydroxyl groups excluding tert-OH is 7. The Bertz CT molecular complexity index is 1090. The van der Waals surface area contributed by atoms with Crippen LogP contribution in [0.1, 0.15) is 51.2 Å². The van der Waals surface area contributed by atoms with Crippen molar-refractivity contribution < 1.29 is 64.2 Å². The van der Waals surface area contributed by atoms with Crippen LogP contribution in [-0.4, -0.2) is 128 Å².